The fourth-order valence-corrected chi connectivity index (χ4v) is 3.29. The lowest BCUT2D eigenvalue weighted by Gasteiger charge is -2.18. The lowest BCUT2D eigenvalue weighted by molar-refractivity contribution is -0.120. The second-order valence-electron chi connectivity index (χ2n) is 6.42. The summed E-state index contributed by atoms with van der Waals surface area (Å²) in [5.74, 6) is 1.50. The van der Waals surface area contributed by atoms with Crippen LogP contribution in [-0.4, -0.2) is 22.6 Å². The van der Waals surface area contributed by atoms with Crippen LogP contribution < -0.4 is 11.1 Å². The minimum atomic E-state index is 0. The SMILES string of the molecule is CCc1noc(-c2ccc(C)c(NC(=O)[C@@H]3CCC[C@@H]3CN)c2)n1.Cl. The van der Waals surface area contributed by atoms with Crippen molar-refractivity contribution in [3.8, 4) is 11.5 Å². The highest BCUT2D eigenvalue weighted by Crippen LogP contribution is 2.32. The number of carbonyl (C=O) groups is 1. The van der Waals surface area contributed by atoms with Crippen molar-refractivity contribution in [2.24, 2.45) is 17.6 Å². The molecular formula is C18H25ClN4O2. The molecule has 2 aromatic rings. The summed E-state index contributed by atoms with van der Waals surface area (Å²) in [5.41, 5.74) is 8.40. The van der Waals surface area contributed by atoms with Crippen molar-refractivity contribution in [2.75, 3.05) is 11.9 Å². The van der Waals surface area contributed by atoms with Gasteiger partial charge in [-0.05, 0) is 49.9 Å². The number of nitrogens with one attached hydrogen (secondary N) is 1. The fraction of sp³-hybridized carbons (Fsp3) is 0.500. The van der Waals surface area contributed by atoms with Crippen molar-refractivity contribution in [3.05, 3.63) is 29.6 Å². The second-order valence-corrected chi connectivity index (χ2v) is 6.42. The van der Waals surface area contributed by atoms with E-state index in [9.17, 15) is 4.79 Å². The first-order valence-corrected chi connectivity index (χ1v) is 8.57. The van der Waals surface area contributed by atoms with Gasteiger partial charge in [0.05, 0.1) is 0 Å². The predicted octanol–water partition coefficient (Wildman–Crippen LogP) is 3.34. The summed E-state index contributed by atoms with van der Waals surface area (Å²) in [4.78, 5) is 17.0. The van der Waals surface area contributed by atoms with E-state index >= 15 is 0 Å². The van der Waals surface area contributed by atoms with E-state index in [0.29, 0.717) is 18.3 Å². The molecule has 3 N–H and O–H groups in total. The Bertz CT molecular complexity index is 732. The maximum Gasteiger partial charge on any atom is 0.257 e. The molecule has 0 aliphatic heterocycles. The van der Waals surface area contributed by atoms with Crippen LogP contribution in [0.25, 0.3) is 11.5 Å². The van der Waals surface area contributed by atoms with Gasteiger partial charge < -0.3 is 15.6 Å². The highest BCUT2D eigenvalue weighted by molar-refractivity contribution is 5.94. The number of benzene rings is 1. The molecule has 0 bridgehead atoms. The highest BCUT2D eigenvalue weighted by atomic mass is 35.5. The molecule has 1 amide bonds. The summed E-state index contributed by atoms with van der Waals surface area (Å²) < 4.78 is 5.29. The molecule has 0 unspecified atom stereocenters. The van der Waals surface area contributed by atoms with Gasteiger partial charge in [0.15, 0.2) is 5.82 Å². The largest absolute Gasteiger partial charge is 0.334 e. The molecule has 1 heterocycles. The van der Waals surface area contributed by atoms with Crippen LogP contribution in [0.3, 0.4) is 0 Å². The molecule has 6 nitrogen and oxygen atoms in total. The smallest absolute Gasteiger partial charge is 0.257 e. The van der Waals surface area contributed by atoms with E-state index in [2.05, 4.69) is 15.5 Å². The van der Waals surface area contributed by atoms with Gasteiger partial charge in [-0.2, -0.15) is 4.98 Å². The van der Waals surface area contributed by atoms with Gasteiger partial charge in [0.1, 0.15) is 0 Å². The Balaban J connectivity index is 0.00000225. The summed E-state index contributed by atoms with van der Waals surface area (Å²) in [7, 11) is 0. The van der Waals surface area contributed by atoms with E-state index in [1.54, 1.807) is 0 Å². The van der Waals surface area contributed by atoms with Gasteiger partial charge in [-0.25, -0.2) is 0 Å². The first kappa shape index (κ1) is 19.4. The lowest BCUT2D eigenvalue weighted by Crippen LogP contribution is -2.30. The second kappa shape index (κ2) is 8.45. The van der Waals surface area contributed by atoms with Crippen molar-refractivity contribution in [3.63, 3.8) is 0 Å². The third-order valence-electron chi connectivity index (χ3n) is 4.83. The Labute approximate surface area is 154 Å². The topological polar surface area (TPSA) is 94.0 Å². The molecule has 3 rings (SSSR count). The number of halogens is 1. The number of rotatable bonds is 5. The molecular weight excluding hydrogens is 340 g/mol. The number of aromatic nitrogens is 2. The third-order valence-corrected chi connectivity index (χ3v) is 4.83. The average molecular weight is 365 g/mol. The van der Waals surface area contributed by atoms with E-state index < -0.39 is 0 Å². The molecule has 1 fully saturated rings. The highest BCUT2D eigenvalue weighted by Gasteiger charge is 2.32. The minimum absolute atomic E-state index is 0. The number of hydrogen-bond acceptors (Lipinski definition) is 5. The molecule has 136 valence electrons. The van der Waals surface area contributed by atoms with Crippen LogP contribution >= 0.6 is 12.4 Å². The number of anilines is 1. The summed E-state index contributed by atoms with van der Waals surface area (Å²) in [5, 5.41) is 6.98. The van der Waals surface area contributed by atoms with E-state index in [0.717, 1.165) is 42.5 Å². The predicted molar refractivity (Wildman–Crippen MR) is 99.6 cm³/mol. The molecule has 1 aliphatic carbocycles. The van der Waals surface area contributed by atoms with Crippen molar-refractivity contribution in [1.29, 1.82) is 0 Å². The Morgan fingerprint density at radius 1 is 1.40 bits per heavy atom. The molecule has 2 atom stereocenters. The number of nitrogens with zero attached hydrogens (tertiary/aromatic N) is 2. The number of aryl methyl sites for hydroxylation is 2. The lowest BCUT2D eigenvalue weighted by atomic mass is 9.95. The summed E-state index contributed by atoms with van der Waals surface area (Å²) >= 11 is 0. The molecule has 0 saturated heterocycles. The average Bonchev–Trinajstić information content (AvgIpc) is 3.25. The van der Waals surface area contributed by atoms with Gasteiger partial charge in [-0.15, -0.1) is 12.4 Å². The molecule has 1 aliphatic rings. The molecule has 1 saturated carbocycles. The van der Waals surface area contributed by atoms with Crippen LogP contribution in [0.1, 0.15) is 37.6 Å². The van der Waals surface area contributed by atoms with Gasteiger partial charge >= 0.3 is 0 Å². The molecule has 7 heteroatoms. The zero-order valence-electron chi connectivity index (χ0n) is 14.6. The maximum absolute atomic E-state index is 12.6. The van der Waals surface area contributed by atoms with E-state index in [-0.39, 0.29) is 30.2 Å². The summed E-state index contributed by atoms with van der Waals surface area (Å²) in [6, 6.07) is 5.78. The first-order chi connectivity index (χ1) is 11.6. The zero-order chi connectivity index (χ0) is 17.1. The summed E-state index contributed by atoms with van der Waals surface area (Å²) in [6.07, 6.45) is 3.74. The van der Waals surface area contributed by atoms with Crippen molar-refractivity contribution < 1.29 is 9.32 Å². The molecule has 1 aromatic heterocycles. The molecule has 0 spiro atoms. The standard InChI is InChI=1S/C18H24N4O2.ClH/c1-3-16-21-18(24-22-16)12-8-7-11(2)15(9-12)20-17(23)14-6-4-5-13(14)10-19;/h7-9,13-14H,3-6,10,19H2,1-2H3,(H,20,23);1H/t13-,14-;/m1./s1. The number of carbonyl (C=O) groups excluding carboxylic acids is 1. The van der Waals surface area contributed by atoms with Gasteiger partial charge in [0.25, 0.3) is 5.89 Å². The first-order valence-electron chi connectivity index (χ1n) is 8.57. The van der Waals surface area contributed by atoms with Crippen molar-refractivity contribution in [1.82, 2.24) is 10.1 Å². The maximum atomic E-state index is 12.6. The molecule has 0 radical (unpaired) electrons. The molecule has 25 heavy (non-hydrogen) atoms. The van der Waals surface area contributed by atoms with Crippen molar-refractivity contribution in [2.45, 2.75) is 39.5 Å². The number of nitrogens with two attached hydrogens (primary N) is 1. The quantitative estimate of drug-likeness (QED) is 0.848. The summed E-state index contributed by atoms with van der Waals surface area (Å²) in [6.45, 7) is 4.52. The monoisotopic (exact) mass is 364 g/mol. The Morgan fingerprint density at radius 3 is 2.88 bits per heavy atom. The Kier molecular flexibility index (Phi) is 6.56. The van der Waals surface area contributed by atoms with Crippen LogP contribution in [0.15, 0.2) is 22.7 Å². The van der Waals surface area contributed by atoms with Gasteiger partial charge in [0, 0.05) is 23.6 Å². The van der Waals surface area contributed by atoms with Crippen LogP contribution in [-0.2, 0) is 11.2 Å². The van der Waals surface area contributed by atoms with Crippen LogP contribution in [0, 0.1) is 18.8 Å². The van der Waals surface area contributed by atoms with E-state index in [4.69, 9.17) is 10.3 Å². The minimum Gasteiger partial charge on any atom is -0.334 e. The fourth-order valence-electron chi connectivity index (χ4n) is 3.29. The van der Waals surface area contributed by atoms with Crippen molar-refractivity contribution >= 4 is 24.0 Å². The Morgan fingerprint density at radius 2 is 2.20 bits per heavy atom. The Hall–Kier alpha value is -1.92. The number of hydrogen-bond donors (Lipinski definition) is 2. The normalized spacial score (nSPS) is 19.5. The van der Waals surface area contributed by atoms with Crippen LogP contribution in [0.2, 0.25) is 0 Å². The number of amides is 1. The third kappa shape index (κ3) is 4.19. The van der Waals surface area contributed by atoms with Gasteiger partial charge in [-0.1, -0.05) is 24.6 Å². The molecule has 1 aromatic carbocycles. The van der Waals surface area contributed by atoms with E-state index in [1.807, 2.05) is 32.0 Å². The van der Waals surface area contributed by atoms with Gasteiger partial charge in [0.2, 0.25) is 5.91 Å². The van der Waals surface area contributed by atoms with Crippen LogP contribution in [0.5, 0.6) is 0 Å². The zero-order valence-corrected chi connectivity index (χ0v) is 15.4. The van der Waals surface area contributed by atoms with E-state index in [1.165, 1.54) is 0 Å². The van der Waals surface area contributed by atoms with Gasteiger partial charge in [-0.3, -0.25) is 4.79 Å². The van der Waals surface area contributed by atoms with Crippen LogP contribution in [0.4, 0.5) is 5.69 Å².